The number of aliphatic carboxylic acids is 1. The predicted octanol–water partition coefficient (Wildman–Crippen LogP) is 3.44. The normalized spacial score (nSPS) is 50.2. The van der Waals surface area contributed by atoms with Crippen molar-refractivity contribution in [3.05, 3.63) is 11.6 Å². The van der Waals surface area contributed by atoms with Gasteiger partial charge in [-0.25, -0.2) is 4.18 Å². The summed E-state index contributed by atoms with van der Waals surface area (Å²) >= 11 is 0. The summed E-state index contributed by atoms with van der Waals surface area (Å²) in [5.74, 6) is -0.894. The highest BCUT2D eigenvalue weighted by molar-refractivity contribution is 7.80. The summed E-state index contributed by atoms with van der Waals surface area (Å²) in [6, 6.07) is 0. The van der Waals surface area contributed by atoms with E-state index in [1.54, 1.807) is 0 Å². The van der Waals surface area contributed by atoms with Gasteiger partial charge < -0.3 is 10.2 Å². The Labute approximate surface area is 185 Å². The highest BCUT2D eigenvalue weighted by Gasteiger charge is 2.53. The number of hydrogen-bond acceptors (Lipinski definition) is 5. The van der Waals surface area contributed by atoms with E-state index in [9.17, 15) is 22.9 Å². The molecule has 2 unspecified atom stereocenters. The third-order valence-corrected chi connectivity index (χ3v) is 8.27. The minimum atomic E-state index is -5.33. The first-order valence-electron chi connectivity index (χ1n) is 13.3. The van der Waals surface area contributed by atoms with E-state index in [2.05, 4.69) is 11.1 Å². The predicted molar refractivity (Wildman–Crippen MR) is 110 cm³/mol. The van der Waals surface area contributed by atoms with Crippen LogP contribution in [0.2, 0.25) is 0 Å². The highest BCUT2D eigenvalue weighted by Crippen LogP contribution is 2.59. The van der Waals surface area contributed by atoms with E-state index in [0.717, 1.165) is 19.3 Å². The molecule has 7 nitrogen and oxygen atoms in total. The van der Waals surface area contributed by atoms with Crippen molar-refractivity contribution in [1.82, 2.24) is 0 Å². The van der Waals surface area contributed by atoms with Gasteiger partial charge >= 0.3 is 16.4 Å². The van der Waals surface area contributed by atoms with E-state index >= 15 is 0 Å². The molecule has 0 aromatic heterocycles. The quantitative estimate of drug-likeness (QED) is 0.421. The van der Waals surface area contributed by atoms with Crippen LogP contribution >= 0.6 is 0 Å². The molecule has 30 heavy (non-hydrogen) atoms. The van der Waals surface area contributed by atoms with Crippen LogP contribution in [0.25, 0.3) is 0 Å². The minimum absolute atomic E-state index is 0.0390. The Morgan fingerprint density at radius 1 is 1.27 bits per heavy atom. The van der Waals surface area contributed by atoms with Crippen molar-refractivity contribution in [2.24, 2.45) is 41.4 Å². The summed E-state index contributed by atoms with van der Waals surface area (Å²) in [4.78, 5) is 11.0. The maximum Gasteiger partial charge on any atom is 0.397 e. The van der Waals surface area contributed by atoms with E-state index in [-0.39, 0.29) is 42.1 Å². The van der Waals surface area contributed by atoms with Crippen LogP contribution in [0.15, 0.2) is 11.6 Å². The van der Waals surface area contributed by atoms with Gasteiger partial charge in [0.2, 0.25) is 0 Å². The van der Waals surface area contributed by atoms with Gasteiger partial charge in [-0.1, -0.05) is 18.6 Å². The van der Waals surface area contributed by atoms with E-state index in [1.165, 1.54) is 6.08 Å². The van der Waals surface area contributed by atoms with Gasteiger partial charge in [-0.05, 0) is 92.7 Å². The van der Waals surface area contributed by atoms with Gasteiger partial charge in [0, 0.05) is 11.9 Å². The number of carboxylic acids is 1. The summed E-state index contributed by atoms with van der Waals surface area (Å²) in [5.41, 5.74) is -0.0390. The molecule has 0 radical (unpaired) electrons. The molecule has 3 saturated carbocycles. The molecular formula is C22H34O7S. The van der Waals surface area contributed by atoms with Crippen molar-refractivity contribution < 1.29 is 39.0 Å². The number of rotatable bonds is 6. The minimum Gasteiger partial charge on any atom is -0.481 e. The van der Waals surface area contributed by atoms with Crippen molar-refractivity contribution in [1.29, 1.82) is 0 Å². The largest absolute Gasteiger partial charge is 0.481 e. The number of hydrogen-bond donors (Lipinski definition) is 3. The van der Waals surface area contributed by atoms with Crippen LogP contribution in [-0.4, -0.2) is 41.3 Å². The SMILES string of the molecule is [2H]C1([2H])C[C@H]2C(=C[C@@H](O)[C@@H]3C2CC[C@@H]2C([C@H](C)CCC(=O)O)CC[C@@H]32)C([2H])([2H])[C@@]1([2H])OS(=O)(=O)O. The van der Waals surface area contributed by atoms with Gasteiger partial charge in [-0.15, -0.1) is 0 Å². The van der Waals surface area contributed by atoms with Crippen molar-refractivity contribution >= 4 is 16.4 Å². The average Bonchev–Trinajstić information content (AvgIpc) is 3.15. The van der Waals surface area contributed by atoms with E-state index in [4.69, 9.17) is 12.0 Å². The summed E-state index contributed by atoms with van der Waals surface area (Å²) in [7, 11) is -5.33. The fraction of sp³-hybridized carbons (Fsp3) is 0.864. The van der Waals surface area contributed by atoms with Crippen molar-refractivity contribution in [3.8, 4) is 0 Å². The first kappa shape index (κ1) is 16.6. The first-order chi connectivity index (χ1) is 16.0. The molecule has 3 fully saturated rings. The van der Waals surface area contributed by atoms with Crippen LogP contribution in [0.1, 0.15) is 71.5 Å². The van der Waals surface area contributed by atoms with E-state index in [1.807, 2.05) is 0 Å². The van der Waals surface area contributed by atoms with Gasteiger partial charge in [0.05, 0.1) is 13.6 Å². The Bertz CT molecular complexity index is 1000. The van der Waals surface area contributed by atoms with Crippen LogP contribution in [0.3, 0.4) is 0 Å². The number of aliphatic hydroxyl groups excluding tert-OH is 1. The summed E-state index contributed by atoms with van der Waals surface area (Å²) in [6.07, 6.45) is -5.06. The zero-order valence-corrected chi connectivity index (χ0v) is 17.8. The average molecular weight is 448 g/mol. The topological polar surface area (TPSA) is 121 Å². The molecule has 8 heteroatoms. The molecule has 0 spiro atoms. The Kier molecular flexibility index (Phi) is 4.73. The molecule has 9 atom stereocenters. The number of fused-ring (bicyclic) bond motifs is 5. The first-order valence-corrected chi connectivity index (χ1v) is 12.2. The molecular weight excluding hydrogens is 408 g/mol. The van der Waals surface area contributed by atoms with Gasteiger partial charge in [0.25, 0.3) is 0 Å². The molecule has 0 heterocycles. The van der Waals surface area contributed by atoms with Crippen LogP contribution in [0.4, 0.5) is 0 Å². The second kappa shape index (κ2) is 8.52. The standard InChI is InChI=1S/C22H34O7S/c1-12(2-9-21(24)25)15-5-7-19-17(15)6-8-18-16-4-3-14(29-30(26,27)28)10-13(16)11-20(23)22(18)19/h11-12,14-20,22-23H,2-10H2,1H3,(H,24,25)(H,26,27,28)/t12-,14+,15?,16+,17-,18?,19-,20-,22-/m1/s1/i3D2,10D2,14D. The number of aliphatic hydroxyl groups is 1. The fourth-order valence-corrected chi connectivity index (χ4v) is 7.07. The molecule has 170 valence electrons. The Morgan fingerprint density at radius 2 is 1.97 bits per heavy atom. The highest BCUT2D eigenvalue weighted by atomic mass is 32.3. The molecule has 0 aliphatic heterocycles. The lowest BCUT2D eigenvalue weighted by Crippen LogP contribution is -2.48. The van der Waals surface area contributed by atoms with E-state index in [0.29, 0.717) is 24.7 Å². The fourth-order valence-electron chi connectivity index (χ4n) is 6.76. The Morgan fingerprint density at radius 3 is 2.67 bits per heavy atom. The second-order valence-electron chi connectivity index (χ2n) is 9.36. The van der Waals surface area contributed by atoms with E-state index < -0.39 is 47.2 Å². The number of carbonyl (C=O) groups is 1. The lowest BCUT2D eigenvalue weighted by molar-refractivity contribution is -0.137. The smallest absolute Gasteiger partial charge is 0.397 e. The van der Waals surface area contributed by atoms with Crippen LogP contribution in [0, 0.1) is 41.4 Å². The third-order valence-electron chi connectivity index (χ3n) is 7.89. The van der Waals surface area contributed by atoms with Crippen LogP contribution in [0.5, 0.6) is 0 Å². The molecule has 0 saturated heterocycles. The van der Waals surface area contributed by atoms with Gasteiger partial charge in [-0.2, -0.15) is 8.42 Å². The van der Waals surface area contributed by atoms with Crippen molar-refractivity contribution in [3.63, 3.8) is 0 Å². The summed E-state index contributed by atoms with van der Waals surface area (Å²) < 4.78 is 78.7. The molecule has 0 aromatic carbocycles. The Balaban J connectivity index is 1.64. The maximum atomic E-state index is 11.4. The van der Waals surface area contributed by atoms with Gasteiger partial charge in [-0.3, -0.25) is 9.35 Å². The van der Waals surface area contributed by atoms with Gasteiger partial charge in [0.1, 0.15) is 0 Å². The second-order valence-corrected chi connectivity index (χ2v) is 10.4. The lowest BCUT2D eigenvalue weighted by atomic mass is 9.55. The van der Waals surface area contributed by atoms with Crippen molar-refractivity contribution in [2.75, 3.05) is 0 Å². The Hall–Kier alpha value is -0.960. The van der Waals surface area contributed by atoms with Crippen LogP contribution in [-0.2, 0) is 19.4 Å². The maximum absolute atomic E-state index is 11.4. The molecule has 0 aromatic rings. The monoisotopic (exact) mass is 447 g/mol. The molecule has 4 aliphatic carbocycles. The molecule has 0 amide bonds. The molecule has 4 rings (SSSR count). The van der Waals surface area contributed by atoms with Crippen LogP contribution < -0.4 is 0 Å². The zero-order chi connectivity index (χ0) is 26.1. The van der Waals surface area contributed by atoms with Crippen molar-refractivity contribution in [2.45, 2.75) is 76.8 Å². The summed E-state index contributed by atoms with van der Waals surface area (Å²) in [6.45, 7) is 2.07. The lowest BCUT2D eigenvalue weighted by Gasteiger charge is -2.51. The molecule has 0 bridgehead atoms. The summed E-state index contributed by atoms with van der Waals surface area (Å²) in [5, 5.41) is 20.2. The third kappa shape index (κ3) is 4.47. The molecule has 4 aliphatic rings. The zero-order valence-electron chi connectivity index (χ0n) is 22.0. The number of carboxylic acid groups (broad SMARTS) is 1. The van der Waals surface area contributed by atoms with Gasteiger partial charge in [0.15, 0.2) is 0 Å². The molecule has 3 N–H and O–H groups in total.